The summed E-state index contributed by atoms with van der Waals surface area (Å²) in [5, 5.41) is 14.7. The number of halogens is 2. The Hall–Kier alpha value is -2.59. The molecule has 4 N–H and O–H groups in total. The van der Waals surface area contributed by atoms with Crippen LogP contribution in [0, 0.1) is 5.82 Å². The van der Waals surface area contributed by atoms with Crippen LogP contribution < -0.4 is 15.4 Å². The lowest BCUT2D eigenvalue weighted by Gasteiger charge is -2.35. The largest absolute Gasteiger partial charge is 0.396 e. The average molecular weight is 628 g/mol. The molecule has 1 fully saturated rings. The molecular formula is C25H27ClFN5O5S3. The minimum Gasteiger partial charge on any atom is -0.396 e. The molecule has 1 aliphatic rings. The topological polar surface area (TPSA) is 141 Å². The van der Waals surface area contributed by atoms with Crippen LogP contribution in [0.1, 0.15) is 17.7 Å². The molecule has 3 aromatic rings. The molecule has 214 valence electrons. The zero-order valence-corrected chi connectivity index (χ0v) is 24.5. The van der Waals surface area contributed by atoms with Crippen molar-refractivity contribution in [3.63, 3.8) is 0 Å². The molecule has 0 radical (unpaired) electrons. The molecule has 1 aliphatic heterocycles. The summed E-state index contributed by atoms with van der Waals surface area (Å²) in [6, 6.07) is 9.12. The molecule has 1 saturated heterocycles. The summed E-state index contributed by atoms with van der Waals surface area (Å²) in [6.45, 7) is 0.293. The van der Waals surface area contributed by atoms with Crippen LogP contribution in [0.3, 0.4) is 0 Å². The molecule has 1 aromatic heterocycles. The highest BCUT2D eigenvalue weighted by Gasteiger charge is 2.42. The first kappa shape index (κ1) is 30.4. The van der Waals surface area contributed by atoms with Gasteiger partial charge in [0.2, 0.25) is 11.8 Å². The first-order chi connectivity index (χ1) is 19.1. The number of nitrogens with zero attached hydrogens (tertiary/aromatic N) is 2. The number of carbonyl (C=O) groups excluding carboxylic acids is 2. The lowest BCUT2D eigenvalue weighted by molar-refractivity contribution is -0.124. The summed E-state index contributed by atoms with van der Waals surface area (Å²) in [6.07, 6.45) is 2.25. The first-order valence-corrected chi connectivity index (χ1v) is 15.8. The molecule has 2 atom stereocenters. The van der Waals surface area contributed by atoms with Gasteiger partial charge in [0.15, 0.2) is 0 Å². The summed E-state index contributed by atoms with van der Waals surface area (Å²) in [5.41, 5.74) is 1.12. The van der Waals surface area contributed by atoms with E-state index in [1.807, 2.05) is 24.3 Å². The minimum absolute atomic E-state index is 0.126. The van der Waals surface area contributed by atoms with Crippen molar-refractivity contribution in [2.24, 2.45) is 0 Å². The van der Waals surface area contributed by atoms with Crippen molar-refractivity contribution in [1.29, 1.82) is 0 Å². The number of aromatic nitrogens is 1. The van der Waals surface area contributed by atoms with Crippen LogP contribution in [0.15, 0.2) is 53.6 Å². The zero-order chi connectivity index (χ0) is 28.9. The molecule has 0 bridgehead atoms. The molecular weight excluding hydrogens is 601 g/mol. The third-order valence-electron chi connectivity index (χ3n) is 6.04. The second kappa shape index (κ2) is 13.4. The van der Waals surface area contributed by atoms with Gasteiger partial charge in [0, 0.05) is 46.6 Å². The van der Waals surface area contributed by atoms with E-state index in [9.17, 15) is 22.4 Å². The number of hydrogen-bond acceptors (Lipinski definition) is 8. The van der Waals surface area contributed by atoms with Crippen LogP contribution in [0.25, 0.3) is 10.6 Å². The molecule has 0 aliphatic carbocycles. The lowest BCUT2D eigenvalue weighted by Crippen LogP contribution is -2.62. The Kier molecular flexibility index (Phi) is 10.2. The Morgan fingerprint density at radius 1 is 1.25 bits per heavy atom. The molecule has 0 saturated carbocycles. The monoisotopic (exact) mass is 627 g/mol. The molecule has 10 nitrogen and oxygen atoms in total. The van der Waals surface area contributed by atoms with Gasteiger partial charge in [0.1, 0.15) is 22.9 Å². The summed E-state index contributed by atoms with van der Waals surface area (Å²) in [5.74, 6) is -1.09. The van der Waals surface area contributed by atoms with Crippen LogP contribution >= 0.6 is 34.7 Å². The molecule has 2 aromatic carbocycles. The predicted octanol–water partition coefficient (Wildman–Crippen LogP) is 3.24. The zero-order valence-electron chi connectivity index (χ0n) is 21.3. The Balaban J connectivity index is 1.36. The standard InChI is InChI=1S/C25H27ClFN5O5S3/c1-32-22(24(35)30-16-5-8-20(27)19(26)11-16)12-21(31-40(32,36)37)23(34)28-13-18-14-29-25(39-18)15-3-6-17(7-4-15)38-10-2-9-33/h3-8,11,14,21-22,31,33H,2,9-10,12-13H2,1H3,(H,28,34)(H,30,35). The van der Waals surface area contributed by atoms with E-state index in [4.69, 9.17) is 16.7 Å². The third kappa shape index (κ3) is 7.57. The van der Waals surface area contributed by atoms with Gasteiger partial charge < -0.3 is 15.7 Å². The maximum atomic E-state index is 13.4. The maximum absolute atomic E-state index is 13.4. The third-order valence-corrected chi connectivity index (χ3v) is 10.1. The van der Waals surface area contributed by atoms with Crippen molar-refractivity contribution < 1.29 is 27.5 Å². The highest BCUT2D eigenvalue weighted by atomic mass is 35.5. The highest BCUT2D eigenvalue weighted by Crippen LogP contribution is 2.28. The van der Waals surface area contributed by atoms with Crippen LogP contribution in [0.5, 0.6) is 0 Å². The van der Waals surface area contributed by atoms with Gasteiger partial charge in [-0.3, -0.25) is 9.59 Å². The summed E-state index contributed by atoms with van der Waals surface area (Å²) in [4.78, 5) is 32.1. The molecule has 15 heteroatoms. The smallest absolute Gasteiger partial charge is 0.280 e. The fourth-order valence-corrected chi connectivity index (χ4v) is 6.97. The van der Waals surface area contributed by atoms with Gasteiger partial charge in [0.05, 0.1) is 11.6 Å². The van der Waals surface area contributed by atoms with E-state index in [-0.39, 0.29) is 30.3 Å². The number of rotatable bonds is 10. The minimum atomic E-state index is -4.13. The van der Waals surface area contributed by atoms with Gasteiger partial charge >= 0.3 is 0 Å². The summed E-state index contributed by atoms with van der Waals surface area (Å²) in [7, 11) is -2.90. The van der Waals surface area contributed by atoms with Crippen LogP contribution in [-0.2, 0) is 26.3 Å². The number of hydrogen-bond donors (Lipinski definition) is 4. The molecule has 2 heterocycles. The average Bonchev–Trinajstić information content (AvgIpc) is 3.40. The van der Waals surface area contributed by atoms with Crippen LogP contribution in [0.2, 0.25) is 5.02 Å². The summed E-state index contributed by atoms with van der Waals surface area (Å²) >= 11 is 8.82. The Morgan fingerprint density at radius 3 is 2.70 bits per heavy atom. The quantitative estimate of drug-likeness (QED) is 0.200. The number of amides is 2. The van der Waals surface area contributed by atoms with Crippen molar-refractivity contribution in [2.75, 3.05) is 24.7 Å². The Labute approximate surface area is 244 Å². The van der Waals surface area contributed by atoms with Crippen LogP contribution in [-0.4, -0.2) is 66.1 Å². The van der Waals surface area contributed by atoms with Gasteiger partial charge in [-0.1, -0.05) is 23.7 Å². The molecule has 2 amide bonds. The van der Waals surface area contributed by atoms with E-state index in [1.165, 1.54) is 30.5 Å². The van der Waals surface area contributed by atoms with Gasteiger partial charge in [-0.15, -0.1) is 23.1 Å². The number of likely N-dealkylation sites (N-methyl/N-ethyl adjacent to an activating group) is 1. The fraction of sp³-hybridized carbons (Fsp3) is 0.320. The van der Waals surface area contributed by atoms with E-state index >= 15 is 0 Å². The summed E-state index contributed by atoms with van der Waals surface area (Å²) < 4.78 is 41.9. The van der Waals surface area contributed by atoms with E-state index < -0.39 is 39.9 Å². The van der Waals surface area contributed by atoms with Crippen molar-refractivity contribution in [1.82, 2.24) is 19.3 Å². The SMILES string of the molecule is CN1C(C(=O)Nc2ccc(F)c(Cl)c2)CC(C(=O)NCc2cnc(-c3ccc(SCCCO)cc3)s2)NS1(=O)=O. The Bertz CT molecular complexity index is 1470. The normalized spacial score (nSPS) is 18.8. The van der Waals surface area contributed by atoms with Gasteiger partial charge in [-0.25, -0.2) is 9.37 Å². The highest BCUT2D eigenvalue weighted by molar-refractivity contribution is 7.99. The number of aliphatic hydroxyl groups is 1. The van der Waals surface area contributed by atoms with Crippen molar-refractivity contribution in [3.05, 3.63) is 64.4 Å². The second-order valence-corrected chi connectivity index (χ2v) is 13.3. The number of nitrogens with one attached hydrogen (secondary N) is 3. The van der Waals surface area contributed by atoms with Crippen molar-refractivity contribution in [3.8, 4) is 10.6 Å². The van der Waals surface area contributed by atoms with E-state index in [0.29, 0.717) is 0 Å². The first-order valence-electron chi connectivity index (χ1n) is 12.1. The molecule has 0 spiro atoms. The number of thiazole rings is 1. The van der Waals surface area contributed by atoms with E-state index in [1.54, 1.807) is 18.0 Å². The fourth-order valence-electron chi connectivity index (χ4n) is 3.85. The maximum Gasteiger partial charge on any atom is 0.280 e. The molecule has 2 unspecified atom stereocenters. The van der Waals surface area contributed by atoms with Crippen molar-refractivity contribution >= 4 is 62.4 Å². The number of aliphatic hydroxyl groups excluding tert-OH is 1. The second-order valence-electron chi connectivity index (χ2n) is 8.86. The Morgan fingerprint density at radius 2 is 2.00 bits per heavy atom. The number of carbonyl (C=O) groups is 2. The predicted molar refractivity (Wildman–Crippen MR) is 154 cm³/mol. The number of thioether (sulfide) groups is 1. The molecule has 4 rings (SSSR count). The lowest BCUT2D eigenvalue weighted by atomic mass is 10.1. The van der Waals surface area contributed by atoms with Gasteiger partial charge in [0.25, 0.3) is 10.2 Å². The number of anilines is 1. The number of benzene rings is 2. The molecule has 40 heavy (non-hydrogen) atoms. The van der Waals surface area contributed by atoms with E-state index in [0.717, 1.165) is 42.9 Å². The van der Waals surface area contributed by atoms with Crippen molar-refractivity contribution in [2.45, 2.75) is 36.4 Å². The van der Waals surface area contributed by atoms with E-state index in [2.05, 4.69) is 20.3 Å². The van der Waals surface area contributed by atoms with Gasteiger partial charge in [-0.05, 0) is 43.2 Å². The van der Waals surface area contributed by atoms with Gasteiger partial charge in [-0.2, -0.15) is 17.4 Å². The van der Waals surface area contributed by atoms with Crippen LogP contribution in [0.4, 0.5) is 10.1 Å².